The lowest BCUT2D eigenvalue weighted by Gasteiger charge is -2.33. The van der Waals surface area contributed by atoms with Gasteiger partial charge >= 0.3 is 0 Å². The highest BCUT2D eigenvalue weighted by Gasteiger charge is 2.19. The van der Waals surface area contributed by atoms with E-state index in [0.717, 1.165) is 12.0 Å². The molecule has 7 nitrogen and oxygen atoms in total. The molecule has 1 fully saturated rings. The van der Waals surface area contributed by atoms with Gasteiger partial charge in [-0.25, -0.2) is 9.97 Å². The van der Waals surface area contributed by atoms with Crippen LogP contribution in [0.25, 0.3) is 0 Å². The van der Waals surface area contributed by atoms with E-state index in [2.05, 4.69) is 20.2 Å². The predicted molar refractivity (Wildman–Crippen MR) is 99.2 cm³/mol. The number of benzene rings is 1. The molecule has 1 aliphatic rings. The quantitative estimate of drug-likeness (QED) is 0.806. The Hall–Kier alpha value is -2.67. The molecule has 1 saturated heterocycles. The minimum Gasteiger partial charge on any atom is -0.353 e. The Morgan fingerprint density at radius 2 is 1.96 bits per heavy atom. The Morgan fingerprint density at radius 3 is 2.65 bits per heavy atom. The van der Waals surface area contributed by atoms with Crippen molar-refractivity contribution in [3.05, 3.63) is 52.4 Å². The molecule has 0 aliphatic carbocycles. The summed E-state index contributed by atoms with van der Waals surface area (Å²) in [5.41, 5.74) is 1.16. The molecule has 1 aromatic carbocycles. The van der Waals surface area contributed by atoms with E-state index in [9.17, 15) is 9.59 Å². The molecule has 8 heteroatoms. The van der Waals surface area contributed by atoms with Crippen LogP contribution in [-0.2, 0) is 11.3 Å². The number of hydrogen-bond donors (Lipinski definition) is 1. The van der Waals surface area contributed by atoms with Gasteiger partial charge < -0.3 is 15.1 Å². The van der Waals surface area contributed by atoms with Crippen molar-refractivity contribution in [3.8, 4) is 0 Å². The molecule has 0 spiro atoms. The molecule has 1 aromatic heterocycles. The van der Waals surface area contributed by atoms with Crippen LogP contribution in [-0.4, -0.2) is 53.4 Å². The summed E-state index contributed by atoms with van der Waals surface area (Å²) in [6.45, 7) is 4.72. The van der Waals surface area contributed by atoms with Crippen molar-refractivity contribution in [2.24, 2.45) is 0 Å². The molecule has 26 heavy (non-hydrogen) atoms. The highest BCUT2D eigenvalue weighted by atomic mass is 35.5. The number of amides is 2. The summed E-state index contributed by atoms with van der Waals surface area (Å²) in [7, 11) is 0. The van der Waals surface area contributed by atoms with Crippen molar-refractivity contribution in [2.75, 3.05) is 31.1 Å². The van der Waals surface area contributed by atoms with E-state index in [1.54, 1.807) is 24.0 Å². The van der Waals surface area contributed by atoms with Crippen LogP contribution in [0.15, 0.2) is 30.3 Å². The number of carbonyl (C=O) groups excluding carboxylic acids is 2. The van der Waals surface area contributed by atoms with Gasteiger partial charge in [0.15, 0.2) is 0 Å². The molecular formula is C18H20ClN5O2. The van der Waals surface area contributed by atoms with Crippen molar-refractivity contribution in [2.45, 2.75) is 13.5 Å². The Balaban J connectivity index is 1.70. The van der Waals surface area contributed by atoms with Crippen LogP contribution < -0.4 is 10.2 Å². The number of piperazine rings is 1. The summed E-state index contributed by atoms with van der Waals surface area (Å²) < 4.78 is 0. The molecule has 1 aliphatic heterocycles. The van der Waals surface area contributed by atoms with Crippen LogP contribution in [0.2, 0.25) is 5.02 Å². The molecule has 2 amide bonds. The minimum atomic E-state index is -0.275. The van der Waals surface area contributed by atoms with E-state index in [1.165, 1.54) is 0 Å². The number of nitrogens with one attached hydrogen (secondary N) is 1. The first kappa shape index (κ1) is 18.1. The lowest BCUT2D eigenvalue weighted by molar-refractivity contribution is -0.118. The SMILES string of the molecule is Cc1nc(C(=O)NCc2ccccc2Cl)cc(N2CCN(C=O)CC2)n1. The molecule has 0 radical (unpaired) electrons. The van der Waals surface area contributed by atoms with Crippen molar-refractivity contribution in [3.63, 3.8) is 0 Å². The fraction of sp³-hybridized carbons (Fsp3) is 0.333. The van der Waals surface area contributed by atoms with Crippen molar-refractivity contribution in [1.29, 1.82) is 0 Å². The fourth-order valence-corrected chi connectivity index (χ4v) is 3.00. The summed E-state index contributed by atoms with van der Waals surface area (Å²) in [6, 6.07) is 9.06. The van der Waals surface area contributed by atoms with Gasteiger partial charge in [-0.15, -0.1) is 0 Å². The number of hydrogen-bond acceptors (Lipinski definition) is 5. The Morgan fingerprint density at radius 1 is 1.23 bits per heavy atom. The number of aromatic nitrogens is 2. The average molecular weight is 374 g/mol. The summed E-state index contributed by atoms with van der Waals surface area (Å²) in [5, 5.41) is 3.45. The number of rotatable bonds is 5. The predicted octanol–water partition coefficient (Wildman–Crippen LogP) is 1.65. The molecular weight excluding hydrogens is 354 g/mol. The third-order valence-corrected chi connectivity index (χ3v) is 4.61. The first-order valence-electron chi connectivity index (χ1n) is 8.38. The number of halogens is 1. The maximum atomic E-state index is 12.5. The first-order chi connectivity index (χ1) is 12.6. The smallest absolute Gasteiger partial charge is 0.270 e. The van der Waals surface area contributed by atoms with Crippen molar-refractivity contribution >= 4 is 29.7 Å². The van der Waals surface area contributed by atoms with Gasteiger partial charge in [0.05, 0.1) is 0 Å². The van der Waals surface area contributed by atoms with Gasteiger partial charge in [-0.05, 0) is 18.6 Å². The number of anilines is 1. The lowest BCUT2D eigenvalue weighted by Crippen LogP contribution is -2.46. The van der Waals surface area contributed by atoms with Crippen LogP contribution >= 0.6 is 11.6 Å². The molecule has 0 bridgehead atoms. The monoisotopic (exact) mass is 373 g/mol. The van der Waals surface area contributed by atoms with Gasteiger partial charge in [0.25, 0.3) is 5.91 Å². The zero-order valence-electron chi connectivity index (χ0n) is 14.5. The molecule has 0 saturated carbocycles. The van der Waals surface area contributed by atoms with Crippen molar-refractivity contribution < 1.29 is 9.59 Å². The summed E-state index contributed by atoms with van der Waals surface area (Å²) >= 11 is 6.12. The van der Waals surface area contributed by atoms with E-state index < -0.39 is 0 Å². The Bertz CT molecular complexity index is 806. The molecule has 0 atom stereocenters. The Kier molecular flexibility index (Phi) is 5.68. The zero-order chi connectivity index (χ0) is 18.5. The van der Waals surface area contributed by atoms with E-state index in [-0.39, 0.29) is 5.91 Å². The second-order valence-electron chi connectivity index (χ2n) is 6.06. The van der Waals surface area contributed by atoms with Gasteiger partial charge in [-0.2, -0.15) is 0 Å². The van der Waals surface area contributed by atoms with Gasteiger partial charge in [-0.1, -0.05) is 29.8 Å². The van der Waals surface area contributed by atoms with Gasteiger partial charge in [0, 0.05) is 43.8 Å². The van der Waals surface area contributed by atoms with E-state index in [0.29, 0.717) is 55.1 Å². The maximum absolute atomic E-state index is 12.5. The second-order valence-corrected chi connectivity index (χ2v) is 6.47. The van der Waals surface area contributed by atoms with Gasteiger partial charge in [-0.3, -0.25) is 9.59 Å². The van der Waals surface area contributed by atoms with Crippen LogP contribution in [0.3, 0.4) is 0 Å². The lowest BCUT2D eigenvalue weighted by atomic mass is 10.2. The van der Waals surface area contributed by atoms with E-state index in [4.69, 9.17) is 11.6 Å². The van der Waals surface area contributed by atoms with Crippen LogP contribution in [0.4, 0.5) is 5.82 Å². The van der Waals surface area contributed by atoms with Crippen LogP contribution in [0, 0.1) is 6.92 Å². The highest BCUT2D eigenvalue weighted by Crippen LogP contribution is 2.16. The highest BCUT2D eigenvalue weighted by molar-refractivity contribution is 6.31. The molecule has 0 unspecified atom stereocenters. The third kappa shape index (κ3) is 4.29. The largest absolute Gasteiger partial charge is 0.353 e. The van der Waals surface area contributed by atoms with E-state index in [1.807, 2.05) is 18.2 Å². The first-order valence-corrected chi connectivity index (χ1v) is 8.76. The number of aryl methyl sites for hydroxylation is 1. The fourth-order valence-electron chi connectivity index (χ4n) is 2.79. The van der Waals surface area contributed by atoms with E-state index >= 15 is 0 Å². The summed E-state index contributed by atoms with van der Waals surface area (Å²) in [5.74, 6) is 0.956. The summed E-state index contributed by atoms with van der Waals surface area (Å²) in [6.07, 6.45) is 0.857. The van der Waals surface area contributed by atoms with Crippen molar-refractivity contribution in [1.82, 2.24) is 20.2 Å². The second kappa shape index (κ2) is 8.14. The molecule has 3 rings (SSSR count). The third-order valence-electron chi connectivity index (χ3n) is 4.24. The van der Waals surface area contributed by atoms with Crippen LogP contribution in [0.1, 0.15) is 21.9 Å². The zero-order valence-corrected chi connectivity index (χ0v) is 15.2. The Labute approximate surface area is 157 Å². The minimum absolute atomic E-state index is 0.275. The van der Waals surface area contributed by atoms with Gasteiger partial charge in [0.1, 0.15) is 17.3 Å². The average Bonchev–Trinajstić information content (AvgIpc) is 2.66. The van der Waals surface area contributed by atoms with Crippen LogP contribution in [0.5, 0.6) is 0 Å². The number of carbonyl (C=O) groups is 2. The molecule has 136 valence electrons. The molecule has 2 heterocycles. The standard InChI is InChI=1S/C18H20ClN5O2/c1-13-21-16(18(26)20-11-14-4-2-3-5-15(14)19)10-17(22-13)24-8-6-23(12-25)7-9-24/h2-5,10,12H,6-9,11H2,1H3,(H,20,26). The molecule has 1 N–H and O–H groups in total. The van der Waals surface area contributed by atoms with Gasteiger partial charge in [0.2, 0.25) is 6.41 Å². The number of nitrogens with zero attached hydrogens (tertiary/aromatic N) is 4. The summed E-state index contributed by atoms with van der Waals surface area (Å²) in [4.78, 5) is 35.8. The maximum Gasteiger partial charge on any atom is 0.270 e. The normalized spacial score (nSPS) is 14.2. The topological polar surface area (TPSA) is 78.4 Å². The molecule has 2 aromatic rings.